The number of benzene rings is 2. The topological polar surface area (TPSA) is 73.1 Å². The molecule has 0 spiro atoms. The normalized spacial score (nSPS) is 10.2. The van der Waals surface area contributed by atoms with Gasteiger partial charge in [-0.1, -0.05) is 50.2 Å². The van der Waals surface area contributed by atoms with E-state index in [0.717, 1.165) is 7.05 Å². The van der Waals surface area contributed by atoms with Crippen molar-refractivity contribution in [1.29, 1.82) is 0 Å². The summed E-state index contributed by atoms with van der Waals surface area (Å²) in [5.41, 5.74) is -1.59. The summed E-state index contributed by atoms with van der Waals surface area (Å²) in [7, 11) is 1.15. The van der Waals surface area contributed by atoms with Crippen LogP contribution in [0.2, 0.25) is 0 Å². The summed E-state index contributed by atoms with van der Waals surface area (Å²) in [6.45, 7) is 4.38. The predicted molar refractivity (Wildman–Crippen MR) is 113 cm³/mol. The summed E-state index contributed by atoms with van der Waals surface area (Å²) in [4.78, 5) is 38.0. The van der Waals surface area contributed by atoms with Gasteiger partial charge in [-0.3, -0.25) is 14.2 Å². The number of halogens is 2. The molecule has 0 saturated carbocycles. The number of carbonyl (C=O) groups is 1. The van der Waals surface area contributed by atoms with Crippen LogP contribution in [0.1, 0.15) is 35.3 Å². The standard InChI is InChI=1S/C20H17F2N3O3.C2H6/c1-12-8-9-15(14(22)10-12)23-18-16(17(26)13-6-4-3-5-7-13)19(27)24(2)20(28)25(18)11-21;1-2/h3-10,23H,11H2,1-2H3;1-2H3. The molecule has 0 saturated heterocycles. The molecule has 0 atom stereocenters. The van der Waals surface area contributed by atoms with Gasteiger partial charge in [-0.15, -0.1) is 0 Å². The van der Waals surface area contributed by atoms with Gasteiger partial charge in [-0.05, 0) is 24.6 Å². The lowest BCUT2D eigenvalue weighted by Gasteiger charge is -2.17. The molecule has 30 heavy (non-hydrogen) atoms. The number of hydrogen-bond acceptors (Lipinski definition) is 4. The van der Waals surface area contributed by atoms with Gasteiger partial charge in [-0.2, -0.15) is 0 Å². The van der Waals surface area contributed by atoms with Crippen molar-refractivity contribution in [2.45, 2.75) is 27.6 Å². The lowest BCUT2D eigenvalue weighted by molar-refractivity contribution is 0.103. The van der Waals surface area contributed by atoms with Gasteiger partial charge >= 0.3 is 5.69 Å². The molecule has 0 fully saturated rings. The van der Waals surface area contributed by atoms with Crippen LogP contribution < -0.4 is 16.6 Å². The van der Waals surface area contributed by atoms with Crippen molar-refractivity contribution in [1.82, 2.24) is 9.13 Å². The van der Waals surface area contributed by atoms with E-state index in [-0.39, 0.29) is 11.3 Å². The van der Waals surface area contributed by atoms with Crippen molar-refractivity contribution in [2.24, 2.45) is 7.05 Å². The van der Waals surface area contributed by atoms with E-state index in [1.807, 2.05) is 13.8 Å². The second-order valence-electron chi connectivity index (χ2n) is 6.22. The van der Waals surface area contributed by atoms with Gasteiger partial charge in [0, 0.05) is 12.6 Å². The fraction of sp³-hybridized carbons (Fsp3) is 0.227. The third-order valence-electron chi connectivity index (χ3n) is 4.30. The van der Waals surface area contributed by atoms with Gasteiger partial charge in [0.05, 0.1) is 5.69 Å². The minimum absolute atomic E-state index is 0.0948. The molecule has 0 amide bonds. The maximum Gasteiger partial charge on any atom is 0.334 e. The highest BCUT2D eigenvalue weighted by atomic mass is 19.1. The number of nitrogens with one attached hydrogen (secondary N) is 1. The number of anilines is 2. The minimum Gasteiger partial charge on any atom is -0.338 e. The lowest BCUT2D eigenvalue weighted by atomic mass is 10.0. The molecule has 158 valence electrons. The summed E-state index contributed by atoms with van der Waals surface area (Å²) in [6.07, 6.45) is 0. The molecule has 3 rings (SSSR count). The Kier molecular flexibility index (Phi) is 7.41. The Morgan fingerprint density at radius 2 is 1.70 bits per heavy atom. The minimum atomic E-state index is -1.31. The number of rotatable bonds is 5. The Hall–Kier alpha value is -3.55. The summed E-state index contributed by atoms with van der Waals surface area (Å²) in [5, 5.41) is 2.56. The Balaban J connectivity index is 0.00000155. The quantitative estimate of drug-likeness (QED) is 0.641. The van der Waals surface area contributed by atoms with Gasteiger partial charge in [0.2, 0.25) is 5.78 Å². The summed E-state index contributed by atoms with van der Waals surface area (Å²) < 4.78 is 29.2. The molecule has 0 aliphatic carbocycles. The van der Waals surface area contributed by atoms with Crippen molar-refractivity contribution in [2.75, 3.05) is 5.32 Å². The van der Waals surface area contributed by atoms with Crippen molar-refractivity contribution >= 4 is 17.3 Å². The average molecular weight is 415 g/mol. The first-order valence-corrected chi connectivity index (χ1v) is 9.38. The second kappa shape index (κ2) is 9.78. The van der Waals surface area contributed by atoms with Crippen LogP contribution >= 0.6 is 0 Å². The molecule has 0 radical (unpaired) electrons. The van der Waals surface area contributed by atoms with Crippen molar-refractivity contribution in [3.05, 3.63) is 91.9 Å². The van der Waals surface area contributed by atoms with Crippen molar-refractivity contribution < 1.29 is 13.6 Å². The van der Waals surface area contributed by atoms with E-state index >= 15 is 0 Å². The summed E-state index contributed by atoms with van der Waals surface area (Å²) >= 11 is 0. The van der Waals surface area contributed by atoms with Crippen LogP contribution in [0.25, 0.3) is 0 Å². The Morgan fingerprint density at radius 3 is 2.27 bits per heavy atom. The molecule has 1 heterocycles. The largest absolute Gasteiger partial charge is 0.338 e. The Morgan fingerprint density at radius 1 is 1.07 bits per heavy atom. The fourth-order valence-electron chi connectivity index (χ4n) is 2.80. The molecule has 0 unspecified atom stereocenters. The SMILES string of the molecule is CC.Cc1ccc(Nc2c(C(=O)c3ccccc3)c(=O)n(C)c(=O)n2CF)c(F)c1. The van der Waals surface area contributed by atoms with Gasteiger partial charge in [0.15, 0.2) is 6.80 Å². The molecular formula is C22H23F2N3O3. The van der Waals surface area contributed by atoms with E-state index in [4.69, 9.17) is 0 Å². The predicted octanol–water partition coefficient (Wildman–Crippen LogP) is 3.92. The molecule has 1 N–H and O–H groups in total. The monoisotopic (exact) mass is 415 g/mol. The number of ketones is 1. The first-order chi connectivity index (χ1) is 14.3. The zero-order valence-corrected chi connectivity index (χ0v) is 17.2. The number of alkyl halides is 1. The number of hydrogen-bond donors (Lipinski definition) is 1. The van der Waals surface area contributed by atoms with Crippen LogP contribution in [0.4, 0.5) is 20.3 Å². The van der Waals surface area contributed by atoms with Gasteiger partial charge < -0.3 is 5.32 Å². The molecule has 6 nitrogen and oxygen atoms in total. The second-order valence-corrected chi connectivity index (χ2v) is 6.22. The summed E-state index contributed by atoms with van der Waals surface area (Å²) in [5.74, 6) is -1.78. The number of nitrogens with zero attached hydrogens (tertiary/aromatic N) is 2. The zero-order valence-electron chi connectivity index (χ0n) is 17.2. The smallest absolute Gasteiger partial charge is 0.334 e. The van der Waals surface area contributed by atoms with Crippen LogP contribution in [0.3, 0.4) is 0 Å². The van der Waals surface area contributed by atoms with Gasteiger partial charge in [0.1, 0.15) is 17.2 Å². The first-order valence-electron chi connectivity index (χ1n) is 9.38. The van der Waals surface area contributed by atoms with E-state index in [9.17, 15) is 23.2 Å². The molecule has 8 heteroatoms. The van der Waals surface area contributed by atoms with Crippen LogP contribution in [0, 0.1) is 12.7 Å². The van der Waals surface area contributed by atoms with Crippen molar-refractivity contribution in [3.8, 4) is 0 Å². The number of aromatic nitrogens is 2. The third kappa shape index (κ3) is 4.37. The van der Waals surface area contributed by atoms with Crippen LogP contribution in [0.15, 0.2) is 58.1 Å². The highest BCUT2D eigenvalue weighted by Gasteiger charge is 2.25. The van der Waals surface area contributed by atoms with E-state index in [2.05, 4.69) is 5.32 Å². The zero-order chi connectivity index (χ0) is 22.4. The lowest BCUT2D eigenvalue weighted by Crippen LogP contribution is -2.42. The van der Waals surface area contributed by atoms with Gasteiger partial charge in [0.25, 0.3) is 5.56 Å². The van der Waals surface area contributed by atoms with E-state index < -0.39 is 41.0 Å². The highest BCUT2D eigenvalue weighted by Crippen LogP contribution is 2.23. The number of carbonyl (C=O) groups excluding carboxylic acids is 1. The maximum absolute atomic E-state index is 14.3. The summed E-state index contributed by atoms with van der Waals surface area (Å²) in [6, 6.07) is 12.1. The molecule has 0 aliphatic rings. The fourth-order valence-corrected chi connectivity index (χ4v) is 2.80. The van der Waals surface area contributed by atoms with E-state index in [1.54, 1.807) is 31.2 Å². The molecule has 0 bridgehead atoms. The third-order valence-corrected chi connectivity index (χ3v) is 4.30. The maximum atomic E-state index is 14.3. The van der Waals surface area contributed by atoms with Gasteiger partial charge in [-0.25, -0.2) is 18.1 Å². The molecule has 3 aromatic rings. The van der Waals surface area contributed by atoms with Crippen LogP contribution in [-0.2, 0) is 13.8 Å². The van der Waals surface area contributed by atoms with Crippen LogP contribution in [-0.4, -0.2) is 14.9 Å². The van der Waals surface area contributed by atoms with E-state index in [0.29, 0.717) is 14.7 Å². The Bertz CT molecular complexity index is 1170. The molecule has 0 aliphatic heterocycles. The first kappa shape index (κ1) is 22.7. The molecule has 1 aromatic heterocycles. The highest BCUT2D eigenvalue weighted by molar-refractivity contribution is 6.11. The molecular weight excluding hydrogens is 392 g/mol. The average Bonchev–Trinajstić information content (AvgIpc) is 2.76. The van der Waals surface area contributed by atoms with Crippen LogP contribution in [0.5, 0.6) is 0 Å². The number of aryl methyl sites for hydroxylation is 1. The molecule has 2 aromatic carbocycles. The Labute approximate surface area is 172 Å². The van der Waals surface area contributed by atoms with E-state index in [1.165, 1.54) is 24.3 Å². The van der Waals surface area contributed by atoms with Crippen molar-refractivity contribution in [3.63, 3.8) is 0 Å².